The predicted molar refractivity (Wildman–Crippen MR) is 41.5 cm³/mol. The molecule has 0 aromatic heterocycles. The van der Waals surface area contributed by atoms with Crippen molar-refractivity contribution in [2.75, 3.05) is 0 Å². The maximum absolute atomic E-state index is 10.6. The molecule has 0 saturated carbocycles. The quantitative estimate of drug-likeness (QED) is 0.510. The number of hydrogen-bond donors (Lipinski definition) is 3. The van der Waals surface area contributed by atoms with Crippen molar-refractivity contribution in [1.29, 1.82) is 0 Å². The lowest BCUT2D eigenvalue weighted by molar-refractivity contribution is 0.380. The highest BCUT2D eigenvalue weighted by Gasteiger charge is 2.18. The molecule has 11 heavy (non-hydrogen) atoms. The van der Waals surface area contributed by atoms with E-state index in [1.165, 1.54) is 12.3 Å². The molecule has 0 bridgehead atoms. The maximum Gasteiger partial charge on any atom is 0.372 e. The molecule has 1 heterocycles. The van der Waals surface area contributed by atoms with Crippen LogP contribution in [-0.4, -0.2) is 9.79 Å². The molecule has 3 N–H and O–H groups in total. The first-order valence-electron chi connectivity index (χ1n) is 2.97. The monoisotopic (exact) mass is 173 g/mol. The maximum atomic E-state index is 10.6. The van der Waals surface area contributed by atoms with Gasteiger partial charge in [0.2, 0.25) is 0 Å². The molecule has 5 heteroatoms. The normalized spacial score (nSPS) is 17.1. The van der Waals surface area contributed by atoms with Gasteiger partial charge >= 0.3 is 7.60 Å². The van der Waals surface area contributed by atoms with E-state index in [2.05, 4.69) is 5.32 Å². The van der Waals surface area contributed by atoms with Crippen LogP contribution in [0.1, 0.15) is 0 Å². The first-order valence-corrected chi connectivity index (χ1v) is 4.58. The van der Waals surface area contributed by atoms with Gasteiger partial charge < -0.3 is 15.1 Å². The topological polar surface area (TPSA) is 69.6 Å². The van der Waals surface area contributed by atoms with Crippen molar-refractivity contribution < 1.29 is 14.4 Å². The molecule has 0 aromatic carbocycles. The lowest BCUT2D eigenvalue weighted by Gasteiger charge is -2.06. The summed E-state index contributed by atoms with van der Waals surface area (Å²) in [5.74, 6) is 0. The fraction of sp³-hybridized carbons (Fsp3) is 0. The predicted octanol–water partition coefficient (Wildman–Crippen LogP) is 0.679. The Morgan fingerprint density at radius 3 is 2.64 bits per heavy atom. The average molecular weight is 173 g/mol. The molecule has 0 spiro atoms. The molecule has 0 saturated heterocycles. The fourth-order valence-electron chi connectivity index (χ4n) is 0.629. The van der Waals surface area contributed by atoms with Gasteiger partial charge in [-0.05, 0) is 12.2 Å². The van der Waals surface area contributed by atoms with Gasteiger partial charge in [0.1, 0.15) is 5.44 Å². The van der Waals surface area contributed by atoms with Gasteiger partial charge in [0.05, 0.1) is 0 Å². The highest BCUT2D eigenvalue weighted by Crippen LogP contribution is 2.43. The van der Waals surface area contributed by atoms with Crippen LogP contribution in [-0.2, 0) is 4.57 Å². The van der Waals surface area contributed by atoms with Crippen LogP contribution in [0.15, 0.2) is 35.9 Å². The standard InChI is InChI=1S/C6H8NO3P/c8-11(9,10)6-4-2-1-3-5-7-6/h1-5,7H,(H2,8,9,10). The molecule has 4 nitrogen and oxygen atoms in total. The molecule has 1 aliphatic rings. The zero-order valence-corrected chi connectivity index (χ0v) is 6.53. The van der Waals surface area contributed by atoms with E-state index in [0.29, 0.717) is 0 Å². The Labute approximate surface area is 64.1 Å². The van der Waals surface area contributed by atoms with Crippen molar-refractivity contribution >= 4 is 7.60 Å². The van der Waals surface area contributed by atoms with E-state index in [1.54, 1.807) is 18.2 Å². The van der Waals surface area contributed by atoms with E-state index < -0.39 is 7.60 Å². The van der Waals surface area contributed by atoms with E-state index in [9.17, 15) is 4.57 Å². The zero-order valence-electron chi connectivity index (χ0n) is 5.64. The summed E-state index contributed by atoms with van der Waals surface area (Å²) in [4.78, 5) is 17.4. The van der Waals surface area contributed by atoms with Crippen LogP contribution in [0.3, 0.4) is 0 Å². The van der Waals surface area contributed by atoms with E-state index in [4.69, 9.17) is 9.79 Å². The van der Waals surface area contributed by atoms with Crippen LogP contribution in [0.5, 0.6) is 0 Å². The van der Waals surface area contributed by atoms with Crippen LogP contribution in [0.4, 0.5) is 0 Å². The third-order valence-corrected chi connectivity index (χ3v) is 2.02. The van der Waals surface area contributed by atoms with E-state index >= 15 is 0 Å². The zero-order chi connectivity index (χ0) is 8.32. The second-order valence-corrected chi connectivity index (χ2v) is 3.55. The van der Waals surface area contributed by atoms with Crippen LogP contribution >= 0.6 is 7.60 Å². The summed E-state index contributed by atoms with van der Waals surface area (Å²) >= 11 is 0. The summed E-state index contributed by atoms with van der Waals surface area (Å²) < 4.78 is 10.6. The van der Waals surface area contributed by atoms with E-state index in [0.717, 1.165) is 0 Å². The molecule has 1 aliphatic heterocycles. The van der Waals surface area contributed by atoms with Gasteiger partial charge in [0.25, 0.3) is 0 Å². The smallest absolute Gasteiger partial charge is 0.355 e. The highest BCUT2D eigenvalue weighted by atomic mass is 31.2. The van der Waals surface area contributed by atoms with Gasteiger partial charge in [-0.25, -0.2) is 0 Å². The first-order chi connectivity index (χ1) is 5.11. The molecule has 0 amide bonds. The number of allylic oxidation sites excluding steroid dienone is 4. The van der Waals surface area contributed by atoms with Crippen LogP contribution in [0, 0.1) is 0 Å². The number of rotatable bonds is 1. The Bertz CT molecular complexity index is 274. The highest BCUT2D eigenvalue weighted by molar-refractivity contribution is 7.56. The molecule has 0 fully saturated rings. The minimum atomic E-state index is -4.12. The molecule has 0 radical (unpaired) electrons. The number of hydrogen-bond acceptors (Lipinski definition) is 2. The summed E-state index contributed by atoms with van der Waals surface area (Å²) in [6.45, 7) is 0. The molecule has 60 valence electrons. The van der Waals surface area contributed by atoms with Crippen molar-refractivity contribution in [3.05, 3.63) is 35.9 Å². The fourth-order valence-corrected chi connectivity index (χ4v) is 1.15. The van der Waals surface area contributed by atoms with Crippen molar-refractivity contribution in [1.82, 2.24) is 5.32 Å². The lowest BCUT2D eigenvalue weighted by Crippen LogP contribution is -2.03. The molecular weight excluding hydrogens is 165 g/mol. The van der Waals surface area contributed by atoms with Crippen molar-refractivity contribution in [3.63, 3.8) is 0 Å². The third-order valence-electron chi connectivity index (χ3n) is 1.12. The Hall–Kier alpha value is -0.830. The Morgan fingerprint density at radius 1 is 1.27 bits per heavy atom. The summed E-state index contributed by atoms with van der Waals surface area (Å²) in [7, 11) is -4.12. The molecule has 0 atom stereocenters. The third kappa shape index (κ3) is 2.35. The minimum absolute atomic E-state index is 0.0810. The van der Waals surface area contributed by atoms with Gasteiger partial charge in [-0.3, -0.25) is 4.57 Å². The second kappa shape index (κ2) is 3.05. The second-order valence-electron chi connectivity index (χ2n) is 1.98. The summed E-state index contributed by atoms with van der Waals surface area (Å²) in [6, 6.07) is 0. The Kier molecular flexibility index (Phi) is 2.29. The van der Waals surface area contributed by atoms with Gasteiger partial charge in [-0.2, -0.15) is 0 Å². The SMILES string of the molecule is O=P(O)(O)C1=CC=CC=CN1. The molecular formula is C6H8NO3P. The average Bonchev–Trinajstić information content (AvgIpc) is 2.10. The summed E-state index contributed by atoms with van der Waals surface area (Å²) in [5.41, 5.74) is -0.0810. The van der Waals surface area contributed by atoms with Gasteiger partial charge in [-0.1, -0.05) is 12.2 Å². The van der Waals surface area contributed by atoms with E-state index in [-0.39, 0.29) is 5.44 Å². The minimum Gasteiger partial charge on any atom is -0.355 e. The van der Waals surface area contributed by atoms with Crippen molar-refractivity contribution in [2.45, 2.75) is 0 Å². The molecule has 1 rings (SSSR count). The van der Waals surface area contributed by atoms with Crippen LogP contribution in [0.2, 0.25) is 0 Å². The summed E-state index contributed by atoms with van der Waals surface area (Å²) in [6.07, 6.45) is 7.70. The summed E-state index contributed by atoms with van der Waals surface area (Å²) in [5, 5.41) is 2.48. The van der Waals surface area contributed by atoms with Crippen LogP contribution in [0.25, 0.3) is 0 Å². The first kappa shape index (κ1) is 8.27. The number of nitrogens with one attached hydrogen (secondary N) is 1. The molecule has 0 aromatic rings. The molecule has 0 unspecified atom stereocenters. The van der Waals surface area contributed by atoms with Crippen molar-refractivity contribution in [2.24, 2.45) is 0 Å². The Morgan fingerprint density at radius 2 is 2.00 bits per heavy atom. The Balaban J connectivity index is 2.90. The molecule has 0 aliphatic carbocycles. The van der Waals surface area contributed by atoms with Gasteiger partial charge in [0.15, 0.2) is 0 Å². The van der Waals surface area contributed by atoms with Crippen LogP contribution < -0.4 is 5.32 Å². The largest absolute Gasteiger partial charge is 0.372 e. The van der Waals surface area contributed by atoms with Crippen molar-refractivity contribution in [3.8, 4) is 0 Å². The van der Waals surface area contributed by atoms with E-state index in [1.807, 2.05) is 0 Å². The van der Waals surface area contributed by atoms with Gasteiger partial charge in [-0.15, -0.1) is 0 Å². The van der Waals surface area contributed by atoms with Gasteiger partial charge in [0, 0.05) is 6.20 Å². The lowest BCUT2D eigenvalue weighted by atomic mass is 10.5.